The molecule has 0 bridgehead atoms. The molecule has 1 fully saturated rings. The van der Waals surface area contributed by atoms with E-state index in [-0.39, 0.29) is 18.1 Å². The number of halogens is 1. The molecule has 2 heterocycles. The first kappa shape index (κ1) is 19.7. The summed E-state index contributed by atoms with van der Waals surface area (Å²) in [5.41, 5.74) is 2.39. The third-order valence-corrected chi connectivity index (χ3v) is 5.79. The van der Waals surface area contributed by atoms with Crippen LogP contribution in [0, 0.1) is 5.82 Å². The van der Waals surface area contributed by atoms with Gasteiger partial charge in [-0.15, -0.1) is 11.3 Å². The van der Waals surface area contributed by atoms with E-state index >= 15 is 0 Å². The van der Waals surface area contributed by atoms with Crippen LogP contribution in [0.1, 0.15) is 5.01 Å². The number of nitrogens with zero attached hydrogens (tertiary/aromatic N) is 3. The number of carbonyl (C=O) groups excluding carboxylic acids is 1. The molecule has 5 nitrogen and oxygen atoms in total. The van der Waals surface area contributed by atoms with Gasteiger partial charge in [0, 0.05) is 37.1 Å². The van der Waals surface area contributed by atoms with Gasteiger partial charge in [-0.25, -0.2) is 9.37 Å². The Hall–Kier alpha value is -2.61. The molecule has 4 rings (SSSR count). The molecule has 7 heteroatoms. The second-order valence-electron chi connectivity index (χ2n) is 7.07. The summed E-state index contributed by atoms with van der Waals surface area (Å²) in [5.74, 6) is -0.597. The Morgan fingerprint density at radius 3 is 2.45 bits per heavy atom. The number of benzene rings is 2. The number of piperazine rings is 1. The number of nitrogens with one attached hydrogen (secondary N) is 1. The van der Waals surface area contributed by atoms with E-state index in [0.29, 0.717) is 0 Å². The SMILES string of the molecule is O=C(CN1CCN(Cc2nc(-c3ccccc3)cs2)CC1)Nc1ccccc1F. The molecule has 3 aromatic rings. The molecule has 1 aliphatic heterocycles. The lowest BCUT2D eigenvalue weighted by atomic mass is 10.2. The highest BCUT2D eigenvalue weighted by molar-refractivity contribution is 7.09. The Bertz CT molecular complexity index is 954. The van der Waals surface area contributed by atoms with Crippen molar-refractivity contribution < 1.29 is 9.18 Å². The van der Waals surface area contributed by atoms with Crippen molar-refractivity contribution in [1.82, 2.24) is 14.8 Å². The predicted molar refractivity (Wildman–Crippen MR) is 114 cm³/mol. The van der Waals surface area contributed by atoms with Crippen LogP contribution >= 0.6 is 11.3 Å². The molecule has 0 spiro atoms. The van der Waals surface area contributed by atoms with Crippen molar-refractivity contribution in [2.24, 2.45) is 0 Å². The first-order chi connectivity index (χ1) is 14.2. The molecular formula is C22H23FN4OS. The summed E-state index contributed by atoms with van der Waals surface area (Å²) in [4.78, 5) is 21.4. The van der Waals surface area contributed by atoms with Crippen LogP contribution < -0.4 is 5.32 Å². The lowest BCUT2D eigenvalue weighted by molar-refractivity contribution is -0.117. The zero-order valence-corrected chi connectivity index (χ0v) is 16.9. The maximum Gasteiger partial charge on any atom is 0.238 e. The third-order valence-electron chi connectivity index (χ3n) is 4.96. The first-order valence-electron chi connectivity index (χ1n) is 9.66. The number of carbonyl (C=O) groups is 1. The zero-order chi connectivity index (χ0) is 20.1. The molecule has 2 aromatic carbocycles. The number of aromatic nitrogens is 1. The summed E-state index contributed by atoms with van der Waals surface area (Å²) in [6.45, 7) is 4.48. The van der Waals surface area contributed by atoms with Gasteiger partial charge in [-0.1, -0.05) is 42.5 Å². The average Bonchev–Trinajstić information content (AvgIpc) is 3.20. The fraction of sp³-hybridized carbons (Fsp3) is 0.273. The van der Waals surface area contributed by atoms with Crippen molar-refractivity contribution in [3.8, 4) is 11.3 Å². The van der Waals surface area contributed by atoms with Gasteiger partial charge in [0.2, 0.25) is 5.91 Å². The van der Waals surface area contributed by atoms with Gasteiger partial charge in [0.1, 0.15) is 10.8 Å². The Morgan fingerprint density at radius 2 is 1.69 bits per heavy atom. The number of para-hydroxylation sites is 1. The summed E-state index contributed by atoms with van der Waals surface area (Å²) in [6, 6.07) is 16.4. The van der Waals surface area contributed by atoms with Gasteiger partial charge in [0.15, 0.2) is 0 Å². The fourth-order valence-corrected chi connectivity index (χ4v) is 4.22. The maximum absolute atomic E-state index is 13.7. The Kier molecular flexibility index (Phi) is 6.29. The lowest BCUT2D eigenvalue weighted by Crippen LogP contribution is -2.48. The second-order valence-corrected chi connectivity index (χ2v) is 8.02. The van der Waals surface area contributed by atoms with Gasteiger partial charge in [-0.05, 0) is 12.1 Å². The van der Waals surface area contributed by atoms with Crippen molar-refractivity contribution in [2.45, 2.75) is 6.54 Å². The van der Waals surface area contributed by atoms with Crippen LogP contribution in [0.25, 0.3) is 11.3 Å². The highest BCUT2D eigenvalue weighted by atomic mass is 32.1. The summed E-state index contributed by atoms with van der Waals surface area (Å²) in [7, 11) is 0. The van der Waals surface area contributed by atoms with E-state index in [1.807, 2.05) is 18.2 Å². The quantitative estimate of drug-likeness (QED) is 0.673. The van der Waals surface area contributed by atoms with E-state index in [2.05, 4.69) is 32.6 Å². The van der Waals surface area contributed by atoms with Crippen molar-refractivity contribution in [3.63, 3.8) is 0 Å². The molecule has 150 valence electrons. The minimum Gasteiger partial charge on any atom is -0.322 e. The molecule has 0 saturated carbocycles. The third kappa shape index (κ3) is 5.26. The molecule has 1 amide bonds. The van der Waals surface area contributed by atoms with Gasteiger partial charge in [0.05, 0.1) is 24.5 Å². The molecule has 0 unspecified atom stereocenters. The Morgan fingerprint density at radius 1 is 1.00 bits per heavy atom. The largest absolute Gasteiger partial charge is 0.322 e. The van der Waals surface area contributed by atoms with Gasteiger partial charge in [0.25, 0.3) is 0 Å². The summed E-state index contributed by atoms with van der Waals surface area (Å²) in [6.07, 6.45) is 0. The number of hydrogen-bond acceptors (Lipinski definition) is 5. The molecule has 1 saturated heterocycles. The van der Waals surface area contributed by atoms with Crippen LogP contribution in [0.15, 0.2) is 60.0 Å². The molecule has 0 aliphatic carbocycles. The minimum atomic E-state index is -0.413. The number of rotatable bonds is 6. The molecule has 0 radical (unpaired) electrons. The molecule has 1 aliphatic rings. The van der Waals surface area contributed by atoms with Crippen LogP contribution in [-0.2, 0) is 11.3 Å². The summed E-state index contributed by atoms with van der Waals surface area (Å²) < 4.78 is 13.7. The van der Waals surface area contributed by atoms with E-state index in [4.69, 9.17) is 4.98 Å². The van der Waals surface area contributed by atoms with Crippen molar-refractivity contribution in [2.75, 3.05) is 38.0 Å². The number of thiazole rings is 1. The van der Waals surface area contributed by atoms with E-state index in [0.717, 1.165) is 49.0 Å². The maximum atomic E-state index is 13.7. The molecule has 29 heavy (non-hydrogen) atoms. The van der Waals surface area contributed by atoms with E-state index in [1.54, 1.807) is 29.5 Å². The van der Waals surface area contributed by atoms with Crippen LogP contribution in [-0.4, -0.2) is 53.4 Å². The van der Waals surface area contributed by atoms with E-state index < -0.39 is 5.82 Å². The van der Waals surface area contributed by atoms with Gasteiger partial charge >= 0.3 is 0 Å². The number of anilines is 1. The van der Waals surface area contributed by atoms with Gasteiger partial charge < -0.3 is 5.32 Å². The zero-order valence-electron chi connectivity index (χ0n) is 16.1. The van der Waals surface area contributed by atoms with Gasteiger partial charge in [-0.3, -0.25) is 14.6 Å². The van der Waals surface area contributed by atoms with E-state index in [1.165, 1.54) is 6.07 Å². The summed E-state index contributed by atoms with van der Waals surface area (Å²) >= 11 is 1.69. The molecule has 1 aromatic heterocycles. The highest BCUT2D eigenvalue weighted by Crippen LogP contribution is 2.22. The normalized spacial score (nSPS) is 15.3. The molecule has 1 N–H and O–H groups in total. The number of hydrogen-bond donors (Lipinski definition) is 1. The highest BCUT2D eigenvalue weighted by Gasteiger charge is 2.20. The monoisotopic (exact) mass is 410 g/mol. The van der Waals surface area contributed by atoms with Crippen molar-refractivity contribution >= 4 is 22.9 Å². The van der Waals surface area contributed by atoms with Crippen LogP contribution in [0.5, 0.6) is 0 Å². The summed E-state index contributed by atoms with van der Waals surface area (Å²) in [5, 5.41) is 5.86. The van der Waals surface area contributed by atoms with Gasteiger partial charge in [-0.2, -0.15) is 0 Å². The minimum absolute atomic E-state index is 0.184. The van der Waals surface area contributed by atoms with Crippen LogP contribution in [0.4, 0.5) is 10.1 Å². The molecule has 0 atom stereocenters. The standard InChI is InChI=1S/C22H23FN4OS/c23-18-8-4-5-9-19(18)24-21(28)14-26-10-12-27(13-11-26)15-22-25-20(16-29-22)17-6-2-1-3-7-17/h1-9,16H,10-15H2,(H,24,28). The topological polar surface area (TPSA) is 48.5 Å². The Labute approximate surface area is 173 Å². The second kappa shape index (κ2) is 9.26. The fourth-order valence-electron chi connectivity index (χ4n) is 3.38. The van der Waals surface area contributed by atoms with E-state index in [9.17, 15) is 9.18 Å². The predicted octanol–water partition coefficient (Wildman–Crippen LogP) is 3.71. The van der Waals surface area contributed by atoms with Crippen LogP contribution in [0.2, 0.25) is 0 Å². The molecular weight excluding hydrogens is 387 g/mol. The lowest BCUT2D eigenvalue weighted by Gasteiger charge is -2.33. The van der Waals surface area contributed by atoms with Crippen molar-refractivity contribution in [3.05, 3.63) is 70.8 Å². The van der Waals surface area contributed by atoms with Crippen LogP contribution in [0.3, 0.4) is 0 Å². The van der Waals surface area contributed by atoms with Crippen molar-refractivity contribution in [1.29, 1.82) is 0 Å². The number of amides is 1. The Balaban J connectivity index is 1.24. The first-order valence-corrected chi connectivity index (χ1v) is 10.5. The average molecular weight is 411 g/mol. The smallest absolute Gasteiger partial charge is 0.238 e.